The zero-order valence-electron chi connectivity index (χ0n) is 9.24. The molecular formula is C11H4Br8O. The van der Waals surface area contributed by atoms with Crippen LogP contribution in [0.4, 0.5) is 0 Å². The second-order valence-corrected chi connectivity index (χ2v) is 13.7. The SMILES string of the molecule is O=C1C(Br)=C(Br)C(Br)(Br)C1(Br)C1(Br)C=CC(Br)=CC1Br. The van der Waals surface area contributed by atoms with Gasteiger partial charge in [0.15, 0.2) is 5.78 Å². The van der Waals surface area contributed by atoms with Crippen LogP contribution in [-0.2, 0) is 4.79 Å². The zero-order valence-corrected chi connectivity index (χ0v) is 21.9. The van der Waals surface area contributed by atoms with E-state index in [1.807, 2.05) is 18.2 Å². The van der Waals surface area contributed by atoms with Crippen molar-refractivity contribution in [3.8, 4) is 0 Å². The number of hydrogen-bond acceptors (Lipinski definition) is 1. The Bertz CT molecular complexity index is 577. The normalized spacial score (nSPS) is 40.3. The predicted molar refractivity (Wildman–Crippen MR) is 113 cm³/mol. The molecule has 0 radical (unpaired) electrons. The van der Waals surface area contributed by atoms with Crippen molar-refractivity contribution in [3.05, 3.63) is 31.7 Å². The van der Waals surface area contributed by atoms with Gasteiger partial charge in [-0.25, -0.2) is 0 Å². The van der Waals surface area contributed by atoms with Gasteiger partial charge in [-0.3, -0.25) is 4.79 Å². The predicted octanol–water partition coefficient (Wildman–Crippen LogP) is 6.94. The van der Waals surface area contributed by atoms with Gasteiger partial charge >= 0.3 is 0 Å². The smallest absolute Gasteiger partial charge is 0.191 e. The lowest BCUT2D eigenvalue weighted by atomic mass is 9.84. The van der Waals surface area contributed by atoms with Gasteiger partial charge in [0, 0.05) is 8.96 Å². The van der Waals surface area contributed by atoms with Crippen LogP contribution in [0.15, 0.2) is 31.7 Å². The monoisotopic (exact) mass is 783 g/mol. The number of alkyl halides is 5. The summed E-state index contributed by atoms with van der Waals surface area (Å²) in [6.45, 7) is 0. The van der Waals surface area contributed by atoms with Crippen molar-refractivity contribution in [2.75, 3.05) is 0 Å². The number of allylic oxidation sites excluding steroid dienone is 6. The van der Waals surface area contributed by atoms with Crippen LogP contribution in [0.3, 0.4) is 0 Å². The van der Waals surface area contributed by atoms with Gasteiger partial charge < -0.3 is 0 Å². The van der Waals surface area contributed by atoms with Crippen LogP contribution < -0.4 is 0 Å². The molecule has 0 amide bonds. The third kappa shape index (κ3) is 2.51. The van der Waals surface area contributed by atoms with E-state index < -0.39 is 11.9 Å². The van der Waals surface area contributed by atoms with E-state index in [2.05, 4.69) is 127 Å². The molecule has 1 nitrogen and oxygen atoms in total. The quantitative estimate of drug-likeness (QED) is 0.264. The third-order valence-electron chi connectivity index (χ3n) is 3.13. The van der Waals surface area contributed by atoms with E-state index in [1.54, 1.807) is 0 Å². The average Bonchev–Trinajstić information content (AvgIpc) is 2.49. The topological polar surface area (TPSA) is 17.1 Å². The summed E-state index contributed by atoms with van der Waals surface area (Å²) in [4.78, 5) is 12.7. The van der Waals surface area contributed by atoms with Gasteiger partial charge in [0.05, 0.1) is 13.6 Å². The Morgan fingerprint density at radius 2 is 1.60 bits per heavy atom. The molecule has 3 atom stereocenters. The Hall–Kier alpha value is 2.73. The number of rotatable bonds is 1. The standard InChI is InChI=1S/C11H4Br8O/c12-4-1-2-9(16,5(13)3-4)10(17)8(20)6(14)7(15)11(10,18)19/h1-3,5H. The van der Waals surface area contributed by atoms with Crippen LogP contribution in [0.1, 0.15) is 0 Å². The second-order valence-electron chi connectivity index (χ2n) is 4.24. The highest BCUT2D eigenvalue weighted by Crippen LogP contribution is 2.66. The number of hydrogen-bond donors (Lipinski definition) is 0. The van der Waals surface area contributed by atoms with E-state index in [4.69, 9.17) is 0 Å². The Morgan fingerprint density at radius 1 is 1.05 bits per heavy atom. The molecule has 110 valence electrons. The third-order valence-corrected chi connectivity index (χ3v) is 15.1. The molecule has 0 aromatic heterocycles. The Morgan fingerprint density at radius 3 is 2.00 bits per heavy atom. The molecule has 20 heavy (non-hydrogen) atoms. The molecule has 0 N–H and O–H groups in total. The highest BCUT2D eigenvalue weighted by Gasteiger charge is 2.70. The van der Waals surface area contributed by atoms with Crippen LogP contribution in [0.2, 0.25) is 0 Å². The summed E-state index contributed by atoms with van der Waals surface area (Å²) in [7, 11) is 0. The van der Waals surface area contributed by atoms with Crippen LogP contribution in [0, 0.1) is 0 Å². The molecule has 0 saturated carbocycles. The molecular weight excluding hydrogens is 787 g/mol. The molecule has 0 bridgehead atoms. The number of carbonyl (C=O) groups is 1. The molecule has 2 aliphatic carbocycles. The molecule has 0 saturated heterocycles. The van der Waals surface area contributed by atoms with E-state index >= 15 is 0 Å². The van der Waals surface area contributed by atoms with E-state index in [0.717, 1.165) is 4.48 Å². The maximum atomic E-state index is 12.8. The Balaban J connectivity index is 2.64. The van der Waals surface area contributed by atoms with Gasteiger partial charge in [0.25, 0.3) is 0 Å². The molecule has 2 aliphatic rings. The number of Topliss-reactive ketones (excluding diaryl/α,β-unsaturated/α-hetero) is 1. The van der Waals surface area contributed by atoms with Gasteiger partial charge in [0.1, 0.15) is 7.56 Å². The van der Waals surface area contributed by atoms with Crippen molar-refractivity contribution in [3.63, 3.8) is 0 Å². The first-order valence-electron chi connectivity index (χ1n) is 5.07. The van der Waals surface area contributed by atoms with Crippen molar-refractivity contribution in [2.45, 2.75) is 16.7 Å². The fourth-order valence-electron chi connectivity index (χ4n) is 2.01. The van der Waals surface area contributed by atoms with Crippen LogP contribution in [-0.4, -0.2) is 22.5 Å². The van der Waals surface area contributed by atoms with Gasteiger partial charge in [-0.2, -0.15) is 0 Å². The minimum absolute atomic E-state index is 0.0736. The summed E-state index contributed by atoms with van der Waals surface area (Å²) >= 11 is 28.6. The molecule has 0 aliphatic heterocycles. The number of carbonyl (C=O) groups excluding carboxylic acids is 1. The fraction of sp³-hybridized carbons (Fsp3) is 0.364. The molecule has 0 spiro atoms. The van der Waals surface area contributed by atoms with Crippen LogP contribution >= 0.6 is 127 Å². The van der Waals surface area contributed by atoms with E-state index in [0.29, 0.717) is 8.96 Å². The van der Waals surface area contributed by atoms with Crippen molar-refractivity contribution in [1.29, 1.82) is 0 Å². The van der Waals surface area contributed by atoms with E-state index in [-0.39, 0.29) is 10.6 Å². The summed E-state index contributed by atoms with van der Waals surface area (Å²) in [5.74, 6) is -0.0736. The summed E-state index contributed by atoms with van der Waals surface area (Å²) in [5.41, 5.74) is 0. The molecule has 3 unspecified atom stereocenters. The van der Waals surface area contributed by atoms with Crippen molar-refractivity contribution in [1.82, 2.24) is 0 Å². The first kappa shape index (κ1) is 19.1. The van der Waals surface area contributed by atoms with Crippen molar-refractivity contribution < 1.29 is 4.79 Å². The lowest BCUT2D eigenvalue weighted by Crippen LogP contribution is -2.60. The summed E-state index contributed by atoms with van der Waals surface area (Å²) in [6.07, 6.45) is 5.85. The first-order chi connectivity index (χ1) is 9.00. The summed E-state index contributed by atoms with van der Waals surface area (Å²) in [5, 5.41) is 0. The van der Waals surface area contributed by atoms with Gasteiger partial charge in [-0.15, -0.1) is 0 Å². The van der Waals surface area contributed by atoms with E-state index in [9.17, 15) is 4.79 Å². The second kappa shape index (κ2) is 6.23. The highest BCUT2D eigenvalue weighted by atomic mass is 79.9. The summed E-state index contributed by atoms with van der Waals surface area (Å²) < 4.78 is -0.316. The lowest BCUT2D eigenvalue weighted by Gasteiger charge is -2.46. The lowest BCUT2D eigenvalue weighted by molar-refractivity contribution is -0.116. The molecule has 0 aromatic rings. The van der Waals surface area contributed by atoms with E-state index in [1.165, 1.54) is 0 Å². The minimum atomic E-state index is -0.987. The van der Waals surface area contributed by atoms with Crippen molar-refractivity contribution >= 4 is 133 Å². The Labute approximate surface area is 183 Å². The first-order valence-corrected chi connectivity index (χ1v) is 11.5. The van der Waals surface area contributed by atoms with Gasteiger partial charge in [-0.05, 0) is 15.9 Å². The minimum Gasteiger partial charge on any atom is -0.292 e. The van der Waals surface area contributed by atoms with Gasteiger partial charge in [-0.1, -0.05) is 130 Å². The highest BCUT2D eigenvalue weighted by molar-refractivity contribution is 9.27. The maximum Gasteiger partial charge on any atom is 0.191 e. The zero-order chi connectivity index (χ0) is 15.5. The van der Waals surface area contributed by atoms with Crippen LogP contribution in [0.5, 0.6) is 0 Å². The molecule has 0 fully saturated rings. The fourth-order valence-corrected chi connectivity index (χ4v) is 9.45. The molecule has 0 heterocycles. The van der Waals surface area contributed by atoms with Gasteiger partial charge in [0.2, 0.25) is 0 Å². The molecule has 0 aromatic carbocycles. The summed E-state index contributed by atoms with van der Waals surface area (Å²) in [6, 6.07) is 0. The maximum absolute atomic E-state index is 12.8. The number of halogens is 8. The number of ketones is 1. The molecule has 2 rings (SSSR count). The largest absolute Gasteiger partial charge is 0.292 e. The van der Waals surface area contributed by atoms with Crippen molar-refractivity contribution in [2.24, 2.45) is 0 Å². The Kier molecular flexibility index (Phi) is 5.93. The molecule has 9 heteroatoms. The van der Waals surface area contributed by atoms with Crippen LogP contribution in [0.25, 0.3) is 0 Å². The average molecular weight is 791 g/mol.